The van der Waals surface area contributed by atoms with E-state index in [1.54, 1.807) is 11.6 Å². The number of benzene rings is 2. The average Bonchev–Trinajstić information content (AvgIpc) is 3.09. The van der Waals surface area contributed by atoms with Crippen molar-refractivity contribution in [3.8, 4) is 11.3 Å². The van der Waals surface area contributed by atoms with Crippen LogP contribution in [0.15, 0.2) is 60.7 Å². The summed E-state index contributed by atoms with van der Waals surface area (Å²) in [5, 5.41) is 8.52. The molecule has 0 atom stereocenters. The first kappa shape index (κ1) is 25.4. The Labute approximate surface area is 188 Å². The normalized spacial score (nSPS) is 10.5. The van der Waals surface area contributed by atoms with E-state index < -0.39 is 5.91 Å². The van der Waals surface area contributed by atoms with Crippen LogP contribution >= 0.6 is 24.8 Å². The summed E-state index contributed by atoms with van der Waals surface area (Å²) >= 11 is 0. The van der Waals surface area contributed by atoms with Gasteiger partial charge in [-0.1, -0.05) is 54.6 Å². The zero-order chi connectivity index (χ0) is 19.9. The number of rotatable bonds is 7. The lowest BCUT2D eigenvalue weighted by atomic mass is 10.1. The smallest absolute Gasteiger partial charge is 0.267 e. The summed E-state index contributed by atoms with van der Waals surface area (Å²) in [6, 6.07) is 18.1. The van der Waals surface area contributed by atoms with E-state index in [0.29, 0.717) is 6.42 Å². The maximum Gasteiger partial charge on any atom is 0.267 e. The first-order chi connectivity index (χ1) is 13.5. The van der Waals surface area contributed by atoms with Crippen LogP contribution in [-0.4, -0.2) is 40.1 Å². The molecule has 1 aromatic heterocycles. The minimum Gasteiger partial charge on any atom is -0.344 e. The number of H-pyrrole nitrogens is 1. The van der Waals surface area contributed by atoms with Crippen LogP contribution in [-0.2, 0) is 17.8 Å². The van der Waals surface area contributed by atoms with Crippen molar-refractivity contribution < 1.29 is 10.0 Å². The molecule has 3 rings (SSSR count). The summed E-state index contributed by atoms with van der Waals surface area (Å²) in [6.07, 6.45) is 3.61. The Morgan fingerprint density at radius 2 is 1.77 bits per heavy atom. The second-order valence-corrected chi connectivity index (χ2v) is 6.84. The van der Waals surface area contributed by atoms with E-state index in [-0.39, 0.29) is 24.8 Å². The predicted octanol–water partition coefficient (Wildman–Crippen LogP) is 4.09. The van der Waals surface area contributed by atoms with Crippen LogP contribution in [0.3, 0.4) is 0 Å². The van der Waals surface area contributed by atoms with E-state index in [1.165, 1.54) is 6.08 Å². The molecule has 6 nitrogen and oxygen atoms in total. The quantitative estimate of drug-likeness (QED) is 0.288. The average molecular weight is 449 g/mol. The number of hydroxylamine groups is 1. The number of nitrogens with one attached hydrogen (secondary N) is 2. The van der Waals surface area contributed by atoms with Crippen LogP contribution in [0.5, 0.6) is 0 Å². The summed E-state index contributed by atoms with van der Waals surface area (Å²) < 4.78 is 0. The predicted molar refractivity (Wildman–Crippen MR) is 124 cm³/mol. The molecule has 3 aromatic rings. The molecule has 0 spiro atoms. The largest absolute Gasteiger partial charge is 0.344 e. The van der Waals surface area contributed by atoms with Crippen molar-refractivity contribution in [3.05, 3.63) is 83.3 Å². The van der Waals surface area contributed by atoms with Gasteiger partial charge in [-0.2, -0.15) is 0 Å². The topological polar surface area (TPSA) is 81.2 Å². The van der Waals surface area contributed by atoms with Gasteiger partial charge in [0.1, 0.15) is 5.82 Å². The number of amides is 1. The van der Waals surface area contributed by atoms with Crippen LogP contribution in [0, 0.1) is 0 Å². The molecule has 0 aliphatic carbocycles. The number of aromatic amines is 1. The zero-order valence-electron chi connectivity index (χ0n) is 16.8. The lowest BCUT2D eigenvalue weighted by molar-refractivity contribution is -0.124. The van der Waals surface area contributed by atoms with E-state index in [2.05, 4.69) is 22.0 Å². The molecule has 0 aliphatic heterocycles. The highest BCUT2D eigenvalue weighted by atomic mass is 35.5. The minimum absolute atomic E-state index is 0. The monoisotopic (exact) mass is 448 g/mol. The molecule has 0 fully saturated rings. The second-order valence-electron chi connectivity index (χ2n) is 6.84. The zero-order valence-corrected chi connectivity index (χ0v) is 18.5. The molecule has 0 aliphatic rings. The number of nitrogens with zero attached hydrogens (tertiary/aromatic N) is 2. The number of carbonyl (C=O) groups is 1. The summed E-state index contributed by atoms with van der Waals surface area (Å²) in [4.78, 5) is 21.5. The van der Waals surface area contributed by atoms with Gasteiger partial charge in [0.2, 0.25) is 0 Å². The lowest BCUT2D eigenvalue weighted by Crippen LogP contribution is -2.14. The third-order valence-electron chi connectivity index (χ3n) is 4.24. The van der Waals surface area contributed by atoms with Crippen molar-refractivity contribution in [1.82, 2.24) is 20.3 Å². The van der Waals surface area contributed by atoms with Crippen molar-refractivity contribution in [3.63, 3.8) is 0 Å². The van der Waals surface area contributed by atoms with Gasteiger partial charge in [-0.05, 0) is 31.3 Å². The third-order valence-corrected chi connectivity index (χ3v) is 4.24. The Hall–Kier alpha value is -2.64. The number of carbonyl (C=O) groups excluding carboxylic acids is 1. The minimum atomic E-state index is -0.554. The molecule has 0 unspecified atom stereocenters. The Bertz CT molecular complexity index is 955. The summed E-state index contributed by atoms with van der Waals surface area (Å²) in [7, 11) is 4.08. The van der Waals surface area contributed by atoms with Gasteiger partial charge in [-0.15, -0.1) is 24.8 Å². The van der Waals surface area contributed by atoms with Gasteiger partial charge < -0.3 is 9.88 Å². The van der Waals surface area contributed by atoms with Gasteiger partial charge in [-0.25, -0.2) is 10.5 Å². The van der Waals surface area contributed by atoms with E-state index in [9.17, 15) is 4.79 Å². The fourth-order valence-corrected chi connectivity index (χ4v) is 2.96. The van der Waals surface area contributed by atoms with Crippen molar-refractivity contribution in [2.45, 2.75) is 13.0 Å². The van der Waals surface area contributed by atoms with Crippen molar-refractivity contribution in [2.24, 2.45) is 0 Å². The number of hydrogen-bond donors (Lipinski definition) is 3. The Balaban J connectivity index is 0.00000225. The number of imidazole rings is 1. The van der Waals surface area contributed by atoms with Gasteiger partial charge in [0.25, 0.3) is 5.91 Å². The molecule has 3 N–H and O–H groups in total. The molecule has 0 radical (unpaired) electrons. The number of hydrogen-bond acceptors (Lipinski definition) is 4. The highest BCUT2D eigenvalue weighted by Crippen LogP contribution is 2.23. The van der Waals surface area contributed by atoms with Crippen LogP contribution in [0.25, 0.3) is 17.3 Å². The van der Waals surface area contributed by atoms with Gasteiger partial charge >= 0.3 is 0 Å². The Kier molecular flexibility index (Phi) is 10.3. The summed E-state index contributed by atoms with van der Waals surface area (Å²) in [6.45, 7) is 0.786. The molecule has 30 heavy (non-hydrogen) atoms. The summed E-state index contributed by atoms with van der Waals surface area (Å²) in [5.74, 6) is 0.361. The molecular formula is C22H26Cl2N4O2. The van der Waals surface area contributed by atoms with Gasteiger partial charge in [-0.3, -0.25) is 10.0 Å². The first-order valence-electron chi connectivity index (χ1n) is 9.04. The maximum absolute atomic E-state index is 11.1. The fraction of sp³-hybridized carbons (Fsp3) is 0.182. The summed E-state index contributed by atoms with van der Waals surface area (Å²) in [5.41, 5.74) is 6.76. The van der Waals surface area contributed by atoms with E-state index in [4.69, 9.17) is 10.2 Å². The Morgan fingerprint density at radius 1 is 1.10 bits per heavy atom. The van der Waals surface area contributed by atoms with Gasteiger partial charge in [0, 0.05) is 24.6 Å². The second kappa shape index (κ2) is 12.1. The van der Waals surface area contributed by atoms with Crippen molar-refractivity contribution in [1.29, 1.82) is 0 Å². The highest BCUT2D eigenvalue weighted by molar-refractivity contribution is 5.90. The molecule has 2 aromatic carbocycles. The first-order valence-corrected chi connectivity index (χ1v) is 9.04. The molecule has 1 amide bonds. The van der Waals surface area contributed by atoms with Crippen LogP contribution in [0.2, 0.25) is 0 Å². The fourth-order valence-electron chi connectivity index (χ4n) is 2.96. The number of halogens is 2. The molecule has 1 heterocycles. The molecule has 160 valence electrons. The maximum atomic E-state index is 11.1. The molecule has 0 bridgehead atoms. The Morgan fingerprint density at radius 3 is 2.37 bits per heavy atom. The van der Waals surface area contributed by atoms with Gasteiger partial charge in [0.15, 0.2) is 0 Å². The van der Waals surface area contributed by atoms with E-state index >= 15 is 0 Å². The molecule has 0 saturated carbocycles. The van der Waals surface area contributed by atoms with Crippen LogP contribution in [0.1, 0.15) is 22.6 Å². The molecule has 8 heteroatoms. The van der Waals surface area contributed by atoms with Gasteiger partial charge in [0.05, 0.1) is 11.4 Å². The van der Waals surface area contributed by atoms with Crippen molar-refractivity contribution in [2.75, 3.05) is 14.1 Å². The third kappa shape index (κ3) is 7.00. The SMILES string of the molecule is CN(C)Cc1[nH]c(Cc2ccc(/C=C/C(=O)NO)cc2)nc1-c1ccccc1.Cl.Cl. The standard InChI is InChI=1S/C22H24N4O2.2ClH/c1-26(2)15-19-22(18-6-4-3-5-7-18)24-20(23-19)14-17-10-8-16(9-11-17)12-13-21(27)25-28;;/h3-13,28H,14-15H2,1-2H3,(H,23,24)(H,25,27);2*1H/b13-12+;;. The lowest BCUT2D eigenvalue weighted by Gasteiger charge is -2.09. The van der Waals surface area contributed by atoms with Crippen LogP contribution in [0.4, 0.5) is 0 Å². The van der Waals surface area contributed by atoms with Crippen molar-refractivity contribution >= 4 is 36.8 Å². The highest BCUT2D eigenvalue weighted by Gasteiger charge is 2.13. The molecule has 0 saturated heterocycles. The van der Waals surface area contributed by atoms with Crippen LogP contribution < -0.4 is 5.48 Å². The molecular weight excluding hydrogens is 423 g/mol. The van der Waals surface area contributed by atoms with E-state index in [0.717, 1.165) is 40.4 Å². The van der Waals surface area contributed by atoms with E-state index in [1.807, 2.05) is 56.6 Å². The number of aromatic nitrogens is 2.